The maximum Gasteiger partial charge on any atom is 0.174 e. The van der Waals surface area contributed by atoms with Crippen molar-refractivity contribution in [2.45, 2.75) is 82.8 Å². The van der Waals surface area contributed by atoms with E-state index >= 15 is 0 Å². The van der Waals surface area contributed by atoms with Gasteiger partial charge in [-0.3, -0.25) is 9.69 Å². The molecule has 2 bridgehead atoms. The molecule has 27 heavy (non-hydrogen) atoms. The minimum atomic E-state index is -0.211. The lowest BCUT2D eigenvalue weighted by atomic mass is 9.51. The second-order valence-corrected chi connectivity index (χ2v) is 10.2. The number of carbonyl (C=O) groups excluding carboxylic acids is 1. The zero-order chi connectivity index (χ0) is 18.5. The first-order chi connectivity index (χ1) is 13.0. The molecule has 2 aliphatic heterocycles. The average Bonchev–Trinajstić information content (AvgIpc) is 3.38. The molecule has 1 spiro atoms. The maximum atomic E-state index is 13.0. The first kappa shape index (κ1) is 16.6. The van der Waals surface area contributed by atoms with Gasteiger partial charge in [-0.2, -0.15) is 0 Å². The summed E-state index contributed by atoms with van der Waals surface area (Å²) in [7, 11) is 0. The summed E-state index contributed by atoms with van der Waals surface area (Å²) in [5.74, 6) is 3.49. The summed E-state index contributed by atoms with van der Waals surface area (Å²) in [4.78, 5) is 15.8. The highest BCUT2D eigenvalue weighted by Gasteiger charge is 2.66. The molecule has 3 aliphatic carbocycles. The fourth-order valence-corrected chi connectivity index (χ4v) is 7.08. The highest BCUT2D eigenvalue weighted by molar-refractivity contribution is 5.89. The van der Waals surface area contributed by atoms with Gasteiger partial charge in [0.15, 0.2) is 11.9 Å². The third kappa shape index (κ3) is 2.04. The molecule has 144 valence electrons. The molecule has 1 aromatic rings. The molecule has 4 atom stereocenters. The zero-order valence-electron chi connectivity index (χ0n) is 16.9. The van der Waals surface area contributed by atoms with Crippen LogP contribution in [0.2, 0.25) is 0 Å². The average molecular weight is 366 g/mol. The van der Waals surface area contributed by atoms with Crippen LogP contribution in [0.1, 0.15) is 74.1 Å². The van der Waals surface area contributed by atoms with Crippen LogP contribution in [0, 0.1) is 18.8 Å². The van der Waals surface area contributed by atoms with E-state index in [0.29, 0.717) is 30.1 Å². The van der Waals surface area contributed by atoms with E-state index in [2.05, 4.69) is 31.7 Å². The van der Waals surface area contributed by atoms with Crippen LogP contribution < -0.4 is 4.74 Å². The lowest BCUT2D eigenvalue weighted by Crippen LogP contribution is -2.66. The van der Waals surface area contributed by atoms with E-state index in [1.54, 1.807) is 5.56 Å². The van der Waals surface area contributed by atoms with Crippen LogP contribution in [0.5, 0.6) is 5.75 Å². The summed E-state index contributed by atoms with van der Waals surface area (Å²) in [6, 6.07) is 2.97. The monoisotopic (exact) mass is 365 g/mol. The summed E-state index contributed by atoms with van der Waals surface area (Å²) < 4.78 is 6.52. The second kappa shape index (κ2) is 5.37. The van der Waals surface area contributed by atoms with Crippen molar-refractivity contribution in [3.63, 3.8) is 0 Å². The number of hydrogen-bond acceptors (Lipinski definition) is 3. The number of Topliss-reactive ketones (excluding diaryl/α,β-unsaturated/α-hetero) is 1. The Morgan fingerprint density at radius 3 is 2.85 bits per heavy atom. The molecule has 0 N–H and O–H groups in total. The van der Waals surface area contributed by atoms with Crippen molar-refractivity contribution in [2.24, 2.45) is 11.8 Å². The number of aryl methyl sites for hydroxylation is 1. The third-order valence-corrected chi connectivity index (χ3v) is 8.40. The molecular formula is C24H31NO2. The molecular weight excluding hydrogens is 334 g/mol. The highest BCUT2D eigenvalue weighted by atomic mass is 16.5. The molecule has 0 radical (unpaired) electrons. The van der Waals surface area contributed by atoms with E-state index in [-0.39, 0.29) is 11.5 Å². The highest BCUT2D eigenvalue weighted by Crippen LogP contribution is 2.63. The lowest BCUT2D eigenvalue weighted by molar-refractivity contribution is -0.138. The van der Waals surface area contributed by atoms with Gasteiger partial charge in [-0.05, 0) is 80.0 Å². The molecule has 1 saturated heterocycles. The molecule has 1 aromatic carbocycles. The minimum Gasteiger partial charge on any atom is -0.481 e. The number of ether oxygens (including phenoxy) is 1. The van der Waals surface area contributed by atoms with E-state index in [0.717, 1.165) is 31.1 Å². The summed E-state index contributed by atoms with van der Waals surface area (Å²) in [6.45, 7) is 9.25. The van der Waals surface area contributed by atoms with Crippen LogP contribution in [0.15, 0.2) is 6.07 Å². The fourth-order valence-electron chi connectivity index (χ4n) is 7.08. The second-order valence-electron chi connectivity index (χ2n) is 10.2. The van der Waals surface area contributed by atoms with Crippen LogP contribution in [0.25, 0.3) is 0 Å². The van der Waals surface area contributed by atoms with Gasteiger partial charge in [0.25, 0.3) is 0 Å². The molecule has 5 aliphatic rings. The number of hydrogen-bond donors (Lipinski definition) is 0. The van der Waals surface area contributed by atoms with Crippen LogP contribution >= 0.6 is 0 Å². The predicted molar refractivity (Wildman–Crippen MR) is 105 cm³/mol. The van der Waals surface area contributed by atoms with Crippen molar-refractivity contribution < 1.29 is 9.53 Å². The van der Waals surface area contributed by atoms with Crippen molar-refractivity contribution in [1.82, 2.24) is 4.90 Å². The van der Waals surface area contributed by atoms with Crippen LogP contribution in [-0.2, 0) is 16.6 Å². The molecule has 3 unspecified atom stereocenters. The fraction of sp³-hybridized carbons (Fsp3) is 0.708. The molecule has 6 rings (SSSR count). The minimum absolute atomic E-state index is 0.0291. The molecule has 3 fully saturated rings. The first-order valence-electron chi connectivity index (χ1n) is 11.1. The quantitative estimate of drug-likeness (QED) is 0.806. The molecule has 2 heterocycles. The van der Waals surface area contributed by atoms with E-state index in [9.17, 15) is 4.79 Å². The van der Waals surface area contributed by atoms with Crippen molar-refractivity contribution in [3.8, 4) is 5.75 Å². The summed E-state index contributed by atoms with van der Waals surface area (Å²) in [6.07, 6.45) is 6.68. The van der Waals surface area contributed by atoms with E-state index in [1.165, 1.54) is 42.5 Å². The Bertz CT molecular complexity index is 839. The molecule has 2 saturated carbocycles. The van der Waals surface area contributed by atoms with E-state index in [1.807, 2.05) is 0 Å². The topological polar surface area (TPSA) is 29.5 Å². The lowest BCUT2D eigenvalue weighted by Gasteiger charge is -2.58. The Morgan fingerprint density at radius 2 is 2.11 bits per heavy atom. The predicted octanol–water partition coefficient (Wildman–Crippen LogP) is 4.14. The number of ketones is 1. The van der Waals surface area contributed by atoms with Crippen molar-refractivity contribution in [3.05, 3.63) is 28.3 Å². The number of rotatable bonds is 3. The summed E-state index contributed by atoms with van der Waals surface area (Å²) >= 11 is 0. The Hall–Kier alpha value is -1.35. The number of piperidine rings is 1. The largest absolute Gasteiger partial charge is 0.481 e. The first-order valence-corrected chi connectivity index (χ1v) is 11.1. The number of benzene rings is 1. The van der Waals surface area contributed by atoms with Gasteiger partial charge in [0.05, 0.1) is 0 Å². The molecule has 0 amide bonds. The maximum absolute atomic E-state index is 13.0. The van der Waals surface area contributed by atoms with Gasteiger partial charge in [0.1, 0.15) is 5.75 Å². The number of likely N-dealkylation sites (tertiary alicyclic amines) is 1. The van der Waals surface area contributed by atoms with Crippen molar-refractivity contribution in [2.75, 3.05) is 13.1 Å². The Labute approximate surface area is 162 Å². The Morgan fingerprint density at radius 1 is 1.30 bits per heavy atom. The van der Waals surface area contributed by atoms with Gasteiger partial charge >= 0.3 is 0 Å². The SMILES string of the molecule is Cc1cc(C(C)C)c2c3c1OC1C(=O)CCC4C(C2)N(CC2CC2)CC[C@@]314. The van der Waals surface area contributed by atoms with Crippen LogP contribution in [-0.4, -0.2) is 35.9 Å². The third-order valence-electron chi connectivity index (χ3n) is 8.40. The van der Waals surface area contributed by atoms with E-state index in [4.69, 9.17) is 4.74 Å². The van der Waals surface area contributed by atoms with E-state index < -0.39 is 0 Å². The van der Waals surface area contributed by atoms with Gasteiger partial charge in [-0.1, -0.05) is 19.9 Å². The van der Waals surface area contributed by atoms with Gasteiger partial charge in [-0.15, -0.1) is 0 Å². The Kier molecular flexibility index (Phi) is 3.30. The summed E-state index contributed by atoms with van der Waals surface area (Å²) in [5.41, 5.74) is 5.73. The van der Waals surface area contributed by atoms with Crippen molar-refractivity contribution >= 4 is 5.78 Å². The number of nitrogens with zero attached hydrogens (tertiary/aromatic N) is 1. The van der Waals surface area contributed by atoms with Gasteiger partial charge in [0, 0.05) is 30.0 Å². The smallest absolute Gasteiger partial charge is 0.174 e. The standard InChI is InChI=1S/C24H31NO2/c1-13(2)16-10-14(3)22-21-17(16)11-19-18-6-7-20(26)23(27-22)24(18,21)8-9-25(19)12-15-4-5-15/h10,13,15,18-19,23H,4-9,11-12H2,1-3H3/t18?,19?,23?,24-/m1/s1. The van der Waals surface area contributed by atoms with Gasteiger partial charge in [0.2, 0.25) is 0 Å². The van der Waals surface area contributed by atoms with Crippen molar-refractivity contribution in [1.29, 1.82) is 0 Å². The van der Waals surface area contributed by atoms with Gasteiger partial charge < -0.3 is 4.74 Å². The Balaban J connectivity index is 1.57. The molecule has 3 heteroatoms. The van der Waals surface area contributed by atoms with Crippen LogP contribution in [0.4, 0.5) is 0 Å². The zero-order valence-corrected chi connectivity index (χ0v) is 16.9. The summed E-state index contributed by atoms with van der Waals surface area (Å²) in [5, 5.41) is 0. The molecule has 0 aromatic heterocycles. The normalized spacial score (nSPS) is 36.7. The number of carbonyl (C=O) groups is 1. The molecule has 3 nitrogen and oxygen atoms in total. The van der Waals surface area contributed by atoms with Crippen LogP contribution in [0.3, 0.4) is 0 Å². The van der Waals surface area contributed by atoms with Gasteiger partial charge in [-0.25, -0.2) is 0 Å².